The van der Waals surface area contributed by atoms with Crippen LogP contribution in [0.25, 0.3) is 0 Å². The highest BCUT2D eigenvalue weighted by Crippen LogP contribution is 2.31. The number of sulfonamides is 1. The molecule has 1 saturated heterocycles. The first kappa shape index (κ1) is 29.1. The molecule has 38 heavy (non-hydrogen) atoms. The lowest BCUT2D eigenvalue weighted by atomic mass is 9.98. The standard InChI is InChI=1S/C26H31N3O8S/c1-15(2)18-8-7-17(10-11-28-38(33,34)21-12-16(14-27)6-9-20(21)30)19(13-18)29-24(31)22-23(25(32)35-5)37-26(3,4)36-22/h6-9,12-13,15,22-23,28,30H,10-11H2,1-5H3,(H,29,31). The number of rotatable bonds is 9. The third-order valence-electron chi connectivity index (χ3n) is 5.91. The Hall–Kier alpha value is -3.50. The number of aromatic hydroxyl groups is 1. The smallest absolute Gasteiger partial charge is 0.338 e. The zero-order chi connectivity index (χ0) is 28.3. The predicted octanol–water partition coefficient (Wildman–Crippen LogP) is 2.54. The maximum Gasteiger partial charge on any atom is 0.338 e. The lowest BCUT2D eigenvalue weighted by molar-refractivity contribution is -0.168. The van der Waals surface area contributed by atoms with E-state index in [4.69, 9.17) is 19.5 Å². The van der Waals surface area contributed by atoms with Crippen molar-refractivity contribution in [3.8, 4) is 11.8 Å². The number of benzene rings is 2. The molecule has 0 spiro atoms. The molecule has 1 heterocycles. The van der Waals surface area contributed by atoms with Gasteiger partial charge in [-0.25, -0.2) is 17.9 Å². The van der Waals surface area contributed by atoms with E-state index in [1.54, 1.807) is 26.0 Å². The Kier molecular flexibility index (Phi) is 8.79. The molecule has 3 rings (SSSR count). The average molecular weight is 546 g/mol. The third-order valence-corrected chi connectivity index (χ3v) is 7.40. The van der Waals surface area contributed by atoms with Crippen molar-refractivity contribution in [2.24, 2.45) is 0 Å². The van der Waals surface area contributed by atoms with Gasteiger partial charge in [-0.15, -0.1) is 0 Å². The molecule has 0 bridgehead atoms. The number of phenolic OH excluding ortho intramolecular Hbond substituents is 1. The SMILES string of the molecule is COC(=O)C1OC(C)(C)OC1C(=O)Nc1cc(C(C)C)ccc1CCNS(=O)(=O)c1cc(C#N)ccc1O. The van der Waals surface area contributed by atoms with Gasteiger partial charge >= 0.3 is 5.97 Å². The molecule has 2 aromatic rings. The molecule has 0 aliphatic carbocycles. The molecule has 1 aliphatic rings. The van der Waals surface area contributed by atoms with Crippen molar-refractivity contribution in [1.82, 2.24) is 4.72 Å². The minimum atomic E-state index is -4.12. The van der Waals surface area contributed by atoms with Gasteiger partial charge in [-0.2, -0.15) is 5.26 Å². The molecule has 2 unspecified atom stereocenters. The molecule has 1 aliphatic heterocycles. The van der Waals surface area contributed by atoms with Crippen LogP contribution in [0.1, 0.15) is 50.3 Å². The van der Waals surface area contributed by atoms with E-state index in [0.29, 0.717) is 11.3 Å². The lowest BCUT2D eigenvalue weighted by Crippen LogP contribution is -2.41. The first-order chi connectivity index (χ1) is 17.8. The normalized spacial score (nSPS) is 18.7. The highest BCUT2D eigenvalue weighted by atomic mass is 32.2. The summed E-state index contributed by atoms with van der Waals surface area (Å²) < 4.78 is 43.9. The summed E-state index contributed by atoms with van der Waals surface area (Å²) in [5, 5.41) is 21.8. The first-order valence-electron chi connectivity index (χ1n) is 11.9. The number of hydrogen-bond donors (Lipinski definition) is 3. The largest absolute Gasteiger partial charge is 0.507 e. The molecule has 204 valence electrons. The van der Waals surface area contributed by atoms with E-state index in [1.807, 2.05) is 26.0 Å². The highest BCUT2D eigenvalue weighted by molar-refractivity contribution is 7.89. The number of amides is 1. The van der Waals surface area contributed by atoms with Crippen LogP contribution in [0.4, 0.5) is 5.69 Å². The van der Waals surface area contributed by atoms with Gasteiger partial charge in [0, 0.05) is 12.2 Å². The Bertz CT molecular complexity index is 1370. The molecule has 0 aromatic heterocycles. The summed E-state index contributed by atoms with van der Waals surface area (Å²) >= 11 is 0. The topological polar surface area (TPSA) is 164 Å². The van der Waals surface area contributed by atoms with Gasteiger partial charge in [0.2, 0.25) is 10.0 Å². The summed E-state index contributed by atoms with van der Waals surface area (Å²) in [6.07, 6.45) is -2.34. The number of phenols is 1. The second kappa shape index (κ2) is 11.5. The Morgan fingerprint density at radius 1 is 1.16 bits per heavy atom. The van der Waals surface area contributed by atoms with Crippen LogP contribution in [0.15, 0.2) is 41.3 Å². The molecule has 12 heteroatoms. The summed E-state index contributed by atoms with van der Waals surface area (Å²) in [7, 11) is -2.94. The zero-order valence-corrected chi connectivity index (χ0v) is 22.6. The maximum atomic E-state index is 13.2. The predicted molar refractivity (Wildman–Crippen MR) is 137 cm³/mol. The summed E-state index contributed by atoms with van der Waals surface area (Å²) in [5.74, 6) is -2.89. The van der Waals surface area contributed by atoms with Crippen molar-refractivity contribution in [2.75, 3.05) is 19.0 Å². The number of carbonyl (C=O) groups excluding carboxylic acids is 2. The van der Waals surface area contributed by atoms with E-state index in [0.717, 1.165) is 17.7 Å². The lowest BCUT2D eigenvalue weighted by Gasteiger charge is -2.19. The Balaban J connectivity index is 1.81. The minimum Gasteiger partial charge on any atom is -0.507 e. The van der Waals surface area contributed by atoms with Gasteiger partial charge in [0.1, 0.15) is 10.6 Å². The van der Waals surface area contributed by atoms with E-state index in [1.165, 1.54) is 13.2 Å². The van der Waals surface area contributed by atoms with Gasteiger partial charge in [0.15, 0.2) is 18.0 Å². The van der Waals surface area contributed by atoms with Crippen molar-refractivity contribution < 1.29 is 37.3 Å². The number of carbonyl (C=O) groups is 2. The van der Waals surface area contributed by atoms with Crippen LogP contribution in [-0.2, 0) is 40.2 Å². The van der Waals surface area contributed by atoms with Crippen molar-refractivity contribution in [2.45, 2.75) is 62.9 Å². The monoisotopic (exact) mass is 545 g/mol. The molecule has 1 fully saturated rings. The third kappa shape index (κ3) is 6.68. The summed E-state index contributed by atoms with van der Waals surface area (Å²) in [6.45, 7) is 7.07. The van der Waals surface area contributed by atoms with Crippen molar-refractivity contribution in [1.29, 1.82) is 5.26 Å². The Morgan fingerprint density at radius 2 is 1.84 bits per heavy atom. The van der Waals surface area contributed by atoms with E-state index >= 15 is 0 Å². The summed E-state index contributed by atoms with van der Waals surface area (Å²) in [5.41, 5.74) is 2.06. The molecular weight excluding hydrogens is 514 g/mol. The van der Waals surface area contributed by atoms with Crippen LogP contribution in [0.3, 0.4) is 0 Å². The van der Waals surface area contributed by atoms with Gasteiger partial charge in [-0.3, -0.25) is 4.79 Å². The quantitative estimate of drug-likeness (QED) is 0.402. The summed E-state index contributed by atoms with van der Waals surface area (Å²) in [6, 6.07) is 10.8. The molecule has 11 nitrogen and oxygen atoms in total. The first-order valence-corrected chi connectivity index (χ1v) is 13.4. The summed E-state index contributed by atoms with van der Waals surface area (Å²) in [4.78, 5) is 25.0. The fourth-order valence-corrected chi connectivity index (χ4v) is 5.08. The maximum absolute atomic E-state index is 13.2. The molecule has 3 N–H and O–H groups in total. The Labute approximate surface area is 221 Å². The molecular formula is C26H31N3O8S. The zero-order valence-electron chi connectivity index (χ0n) is 21.8. The Morgan fingerprint density at radius 3 is 2.47 bits per heavy atom. The van der Waals surface area contributed by atoms with E-state index in [9.17, 15) is 23.1 Å². The van der Waals surface area contributed by atoms with E-state index in [2.05, 4.69) is 10.0 Å². The van der Waals surface area contributed by atoms with Crippen LogP contribution in [0.2, 0.25) is 0 Å². The van der Waals surface area contributed by atoms with Gasteiger partial charge in [0.25, 0.3) is 5.91 Å². The second-order valence-electron chi connectivity index (χ2n) is 9.50. The van der Waals surface area contributed by atoms with Gasteiger partial charge in [-0.1, -0.05) is 26.0 Å². The number of ether oxygens (including phenoxy) is 3. The molecule has 2 aromatic carbocycles. The number of nitriles is 1. The van der Waals surface area contributed by atoms with E-state index < -0.39 is 50.5 Å². The van der Waals surface area contributed by atoms with Crippen molar-refractivity contribution in [3.05, 3.63) is 53.1 Å². The van der Waals surface area contributed by atoms with Gasteiger partial charge in [-0.05, 0) is 61.6 Å². The minimum absolute atomic E-state index is 0.0662. The number of nitrogens with zero attached hydrogens (tertiary/aromatic N) is 1. The number of methoxy groups -OCH3 is 1. The van der Waals surface area contributed by atoms with Gasteiger partial charge in [0.05, 0.1) is 18.7 Å². The molecule has 0 radical (unpaired) electrons. The number of nitrogens with one attached hydrogen (secondary N) is 2. The fraction of sp³-hybridized carbons (Fsp3) is 0.423. The number of esters is 1. The molecule has 1 amide bonds. The fourth-order valence-electron chi connectivity index (χ4n) is 3.93. The van der Waals surface area contributed by atoms with Crippen LogP contribution >= 0.6 is 0 Å². The van der Waals surface area contributed by atoms with Crippen molar-refractivity contribution in [3.63, 3.8) is 0 Å². The van der Waals surface area contributed by atoms with Crippen LogP contribution in [0.5, 0.6) is 5.75 Å². The average Bonchev–Trinajstić information content (AvgIpc) is 3.19. The number of hydrogen-bond acceptors (Lipinski definition) is 9. The van der Waals surface area contributed by atoms with Crippen molar-refractivity contribution >= 4 is 27.6 Å². The molecule has 0 saturated carbocycles. The van der Waals surface area contributed by atoms with Crippen LogP contribution < -0.4 is 10.0 Å². The van der Waals surface area contributed by atoms with Crippen LogP contribution in [0, 0.1) is 11.3 Å². The highest BCUT2D eigenvalue weighted by Gasteiger charge is 2.49. The van der Waals surface area contributed by atoms with Crippen LogP contribution in [-0.4, -0.2) is 57.1 Å². The van der Waals surface area contributed by atoms with Gasteiger partial charge < -0.3 is 24.6 Å². The molecule has 2 atom stereocenters. The second-order valence-corrected chi connectivity index (χ2v) is 11.2. The number of anilines is 1. The van der Waals surface area contributed by atoms with E-state index in [-0.39, 0.29) is 24.4 Å².